The molecule has 0 aliphatic rings. The second-order valence-corrected chi connectivity index (χ2v) is 6.00. The van der Waals surface area contributed by atoms with E-state index >= 15 is 0 Å². The molecule has 2 aromatic heterocycles. The van der Waals surface area contributed by atoms with E-state index in [0.717, 1.165) is 46.7 Å². The molecule has 3 aromatic rings. The van der Waals surface area contributed by atoms with Crippen molar-refractivity contribution in [1.82, 2.24) is 20.8 Å². The van der Waals surface area contributed by atoms with E-state index in [4.69, 9.17) is 4.52 Å². The van der Waals surface area contributed by atoms with Crippen molar-refractivity contribution in [2.75, 3.05) is 7.05 Å². The molecule has 26 heavy (non-hydrogen) atoms. The number of benzene rings is 1. The molecular weight excluding hydrogens is 326 g/mol. The van der Waals surface area contributed by atoms with E-state index in [1.54, 1.807) is 7.05 Å². The Morgan fingerprint density at radius 1 is 1.08 bits per heavy atom. The molecule has 0 bridgehead atoms. The second-order valence-electron chi connectivity index (χ2n) is 6.00. The minimum atomic E-state index is 0.645. The average molecular weight is 351 g/mol. The highest BCUT2D eigenvalue weighted by Gasteiger charge is 2.13. The Kier molecular flexibility index (Phi) is 5.84. The van der Waals surface area contributed by atoms with Gasteiger partial charge in [0.1, 0.15) is 5.76 Å². The van der Waals surface area contributed by atoms with Gasteiger partial charge >= 0.3 is 0 Å². The van der Waals surface area contributed by atoms with E-state index in [9.17, 15) is 0 Å². The first-order valence-electron chi connectivity index (χ1n) is 9.00. The molecule has 0 radical (unpaired) electrons. The first-order valence-corrected chi connectivity index (χ1v) is 9.00. The molecule has 0 aliphatic heterocycles. The number of nitrogens with zero attached hydrogens (tertiary/aromatic N) is 3. The van der Waals surface area contributed by atoms with Crippen molar-refractivity contribution in [3.8, 4) is 0 Å². The number of guanidine groups is 1. The predicted molar refractivity (Wildman–Crippen MR) is 104 cm³/mol. The van der Waals surface area contributed by atoms with Crippen LogP contribution in [0.2, 0.25) is 0 Å². The molecule has 1 aromatic carbocycles. The summed E-state index contributed by atoms with van der Waals surface area (Å²) in [5, 5.41) is 12.0. The third-order valence-electron chi connectivity index (χ3n) is 4.45. The normalized spacial score (nSPS) is 11.7. The summed E-state index contributed by atoms with van der Waals surface area (Å²) in [5.41, 5.74) is 4.32. The highest BCUT2D eigenvalue weighted by molar-refractivity contribution is 5.83. The maximum absolute atomic E-state index is 5.42. The lowest BCUT2D eigenvalue weighted by molar-refractivity contribution is 0.380. The summed E-state index contributed by atoms with van der Waals surface area (Å²) in [6, 6.07) is 10.2. The van der Waals surface area contributed by atoms with E-state index < -0.39 is 0 Å². The van der Waals surface area contributed by atoms with Gasteiger partial charge in [0.2, 0.25) is 0 Å². The van der Waals surface area contributed by atoms with Crippen molar-refractivity contribution in [2.24, 2.45) is 4.99 Å². The van der Waals surface area contributed by atoms with E-state index in [1.807, 2.05) is 30.5 Å². The Hall–Kier alpha value is -2.89. The summed E-state index contributed by atoms with van der Waals surface area (Å²) < 4.78 is 5.42. The zero-order chi connectivity index (χ0) is 18.4. The van der Waals surface area contributed by atoms with E-state index in [2.05, 4.69) is 45.7 Å². The standard InChI is InChI=1S/C20H25N5O/c1-4-17-16(19(5-2)26-25-17)13-24-20(21-3)23-12-14-10-11-22-18-9-7-6-8-15(14)18/h6-11H,4-5,12-13H2,1-3H3,(H2,21,23,24). The molecule has 3 rings (SSSR count). The molecule has 0 spiro atoms. The van der Waals surface area contributed by atoms with Crippen LogP contribution < -0.4 is 10.6 Å². The van der Waals surface area contributed by atoms with Gasteiger partial charge in [-0.25, -0.2) is 0 Å². The molecule has 0 atom stereocenters. The second kappa shape index (κ2) is 8.47. The number of hydrogen-bond donors (Lipinski definition) is 2. The van der Waals surface area contributed by atoms with Crippen LogP contribution in [0.4, 0.5) is 0 Å². The first kappa shape index (κ1) is 17.9. The molecule has 0 amide bonds. The molecule has 6 nitrogen and oxygen atoms in total. The van der Waals surface area contributed by atoms with Gasteiger partial charge in [-0.05, 0) is 24.1 Å². The van der Waals surface area contributed by atoms with Crippen LogP contribution in [0.25, 0.3) is 10.9 Å². The topological polar surface area (TPSA) is 75.3 Å². The molecule has 0 unspecified atom stereocenters. The number of aryl methyl sites for hydroxylation is 2. The molecule has 2 heterocycles. The number of nitrogens with one attached hydrogen (secondary N) is 2. The fourth-order valence-corrected chi connectivity index (χ4v) is 3.02. The van der Waals surface area contributed by atoms with Crippen LogP contribution in [0.5, 0.6) is 0 Å². The van der Waals surface area contributed by atoms with Crippen molar-refractivity contribution in [3.05, 3.63) is 59.1 Å². The summed E-state index contributed by atoms with van der Waals surface area (Å²) in [4.78, 5) is 8.73. The van der Waals surface area contributed by atoms with Crippen LogP contribution in [0, 0.1) is 0 Å². The van der Waals surface area contributed by atoms with Crippen LogP contribution in [0.15, 0.2) is 46.0 Å². The van der Waals surface area contributed by atoms with Crippen LogP contribution in [-0.4, -0.2) is 23.1 Å². The van der Waals surface area contributed by atoms with Crippen LogP contribution in [0.3, 0.4) is 0 Å². The van der Waals surface area contributed by atoms with Crippen molar-refractivity contribution >= 4 is 16.9 Å². The minimum absolute atomic E-state index is 0.645. The van der Waals surface area contributed by atoms with E-state index in [0.29, 0.717) is 13.1 Å². The lowest BCUT2D eigenvalue weighted by Crippen LogP contribution is -2.36. The quantitative estimate of drug-likeness (QED) is 0.527. The van der Waals surface area contributed by atoms with Crippen molar-refractivity contribution in [1.29, 1.82) is 0 Å². The summed E-state index contributed by atoms with van der Waals surface area (Å²) in [5.74, 6) is 1.68. The fraction of sp³-hybridized carbons (Fsp3) is 0.350. The molecule has 136 valence electrons. The number of aliphatic imine (C=N–C) groups is 1. The zero-order valence-corrected chi connectivity index (χ0v) is 15.5. The number of pyridine rings is 1. The number of aromatic nitrogens is 2. The summed E-state index contributed by atoms with van der Waals surface area (Å²) in [7, 11) is 1.77. The summed E-state index contributed by atoms with van der Waals surface area (Å²) in [6.45, 7) is 5.48. The van der Waals surface area contributed by atoms with Crippen molar-refractivity contribution < 1.29 is 4.52 Å². The monoisotopic (exact) mass is 351 g/mol. The number of rotatable bonds is 6. The van der Waals surface area contributed by atoms with Gasteiger partial charge in [-0.3, -0.25) is 9.98 Å². The average Bonchev–Trinajstić information content (AvgIpc) is 3.10. The van der Waals surface area contributed by atoms with Gasteiger partial charge in [-0.15, -0.1) is 0 Å². The lowest BCUT2D eigenvalue weighted by atomic mass is 10.1. The Morgan fingerprint density at radius 3 is 2.65 bits per heavy atom. The van der Waals surface area contributed by atoms with Gasteiger partial charge in [0.25, 0.3) is 0 Å². The Morgan fingerprint density at radius 2 is 1.88 bits per heavy atom. The highest BCUT2D eigenvalue weighted by atomic mass is 16.5. The largest absolute Gasteiger partial charge is 0.361 e. The predicted octanol–water partition coefficient (Wildman–Crippen LogP) is 3.21. The van der Waals surface area contributed by atoms with Gasteiger partial charge in [0.15, 0.2) is 5.96 Å². The maximum Gasteiger partial charge on any atom is 0.191 e. The van der Waals surface area contributed by atoms with Gasteiger partial charge < -0.3 is 15.2 Å². The van der Waals surface area contributed by atoms with E-state index in [1.165, 1.54) is 5.56 Å². The van der Waals surface area contributed by atoms with Gasteiger partial charge in [0.05, 0.1) is 11.2 Å². The molecule has 2 N–H and O–H groups in total. The van der Waals surface area contributed by atoms with Crippen molar-refractivity contribution in [3.63, 3.8) is 0 Å². The van der Waals surface area contributed by atoms with Crippen LogP contribution in [-0.2, 0) is 25.9 Å². The molecular formula is C20H25N5O. The van der Waals surface area contributed by atoms with E-state index in [-0.39, 0.29) is 0 Å². The molecule has 6 heteroatoms. The third-order valence-corrected chi connectivity index (χ3v) is 4.45. The number of para-hydroxylation sites is 1. The molecule has 0 saturated heterocycles. The molecule has 0 fully saturated rings. The molecule has 0 aliphatic carbocycles. The summed E-state index contributed by atoms with van der Waals surface area (Å²) >= 11 is 0. The maximum atomic E-state index is 5.42. The Bertz CT molecular complexity index is 873. The van der Waals surface area contributed by atoms with Gasteiger partial charge in [-0.2, -0.15) is 0 Å². The lowest BCUT2D eigenvalue weighted by Gasteiger charge is -2.13. The first-order chi connectivity index (χ1) is 12.8. The molecule has 0 saturated carbocycles. The van der Waals surface area contributed by atoms with Gasteiger partial charge in [0, 0.05) is 43.7 Å². The van der Waals surface area contributed by atoms with Gasteiger partial charge in [-0.1, -0.05) is 37.2 Å². The smallest absolute Gasteiger partial charge is 0.191 e. The number of hydrogen-bond acceptors (Lipinski definition) is 4. The van der Waals surface area contributed by atoms with Crippen molar-refractivity contribution in [2.45, 2.75) is 39.8 Å². The minimum Gasteiger partial charge on any atom is -0.361 e. The van der Waals surface area contributed by atoms with Crippen LogP contribution >= 0.6 is 0 Å². The third kappa shape index (κ3) is 3.85. The SMILES string of the molecule is CCc1noc(CC)c1CNC(=NC)NCc1ccnc2ccccc12. The Labute approximate surface area is 153 Å². The number of fused-ring (bicyclic) bond motifs is 1. The summed E-state index contributed by atoms with van der Waals surface area (Å²) in [6.07, 6.45) is 3.53. The highest BCUT2D eigenvalue weighted by Crippen LogP contribution is 2.16. The Balaban J connectivity index is 1.66. The fourth-order valence-electron chi connectivity index (χ4n) is 3.02. The zero-order valence-electron chi connectivity index (χ0n) is 15.5. The van der Waals surface area contributed by atoms with Crippen LogP contribution in [0.1, 0.15) is 36.4 Å².